The van der Waals surface area contributed by atoms with Gasteiger partial charge in [-0.3, -0.25) is 9.59 Å². The van der Waals surface area contributed by atoms with Gasteiger partial charge in [0.15, 0.2) is 12.0 Å². The number of hydrogen-bond acceptors (Lipinski definition) is 4. The zero-order chi connectivity index (χ0) is 15.1. The Hall–Kier alpha value is -2.40. The highest BCUT2D eigenvalue weighted by Crippen LogP contribution is 2.13. The first-order chi connectivity index (χ1) is 10.3. The predicted molar refractivity (Wildman–Crippen MR) is 78.7 cm³/mol. The number of rotatable bonds is 7. The van der Waals surface area contributed by atoms with E-state index >= 15 is 0 Å². The number of pyridine rings is 1. The van der Waals surface area contributed by atoms with Gasteiger partial charge in [0.25, 0.3) is 0 Å². The van der Waals surface area contributed by atoms with E-state index in [4.69, 9.17) is 9.47 Å². The molecule has 0 radical (unpaired) electrons. The van der Waals surface area contributed by atoms with E-state index in [1.165, 1.54) is 6.07 Å². The summed E-state index contributed by atoms with van der Waals surface area (Å²) in [5.41, 5.74) is 0.859. The van der Waals surface area contributed by atoms with Gasteiger partial charge in [0.2, 0.25) is 5.43 Å². The minimum Gasteiger partial charge on any atom is -0.483 e. The largest absolute Gasteiger partial charge is 0.483 e. The van der Waals surface area contributed by atoms with Gasteiger partial charge in [-0.25, -0.2) is 0 Å². The maximum atomic E-state index is 11.9. The van der Waals surface area contributed by atoms with E-state index in [-0.39, 0.29) is 23.5 Å². The van der Waals surface area contributed by atoms with Crippen molar-refractivity contribution in [1.82, 2.24) is 4.57 Å². The molecule has 0 spiro atoms. The molecule has 0 aliphatic heterocycles. The van der Waals surface area contributed by atoms with Gasteiger partial charge >= 0.3 is 0 Å². The molecule has 0 saturated carbocycles. The third kappa shape index (κ3) is 3.79. The summed E-state index contributed by atoms with van der Waals surface area (Å²) in [7, 11) is 1.58. The molecule has 5 nitrogen and oxygen atoms in total. The molecular weight excluding hydrogens is 270 g/mol. The van der Waals surface area contributed by atoms with E-state index in [2.05, 4.69) is 0 Å². The number of aldehydes is 1. The van der Waals surface area contributed by atoms with Crippen molar-refractivity contribution in [3.63, 3.8) is 0 Å². The average Bonchev–Trinajstić information content (AvgIpc) is 2.53. The lowest BCUT2D eigenvalue weighted by Gasteiger charge is -2.13. The molecule has 110 valence electrons. The van der Waals surface area contributed by atoms with Crippen LogP contribution in [-0.2, 0) is 17.9 Å². The summed E-state index contributed by atoms with van der Waals surface area (Å²) in [5, 5.41) is 0. The number of carbonyl (C=O) groups is 1. The Kier molecular flexibility index (Phi) is 5.29. The lowest BCUT2D eigenvalue weighted by Crippen LogP contribution is -2.18. The minimum atomic E-state index is -0.304. The standard InChI is InChI=1S/C16H17NO4/c1-20-10-9-17-8-7-15(19)16(14(17)11-18)21-12-13-5-3-2-4-6-13/h2-8,11H,9-10,12H2,1H3. The van der Waals surface area contributed by atoms with Crippen LogP contribution in [0.2, 0.25) is 0 Å². The summed E-state index contributed by atoms with van der Waals surface area (Å²) in [6.07, 6.45) is 2.21. The maximum absolute atomic E-state index is 11.9. The molecule has 0 unspecified atom stereocenters. The topological polar surface area (TPSA) is 57.5 Å². The monoisotopic (exact) mass is 287 g/mol. The van der Waals surface area contributed by atoms with Crippen molar-refractivity contribution in [2.75, 3.05) is 13.7 Å². The summed E-state index contributed by atoms with van der Waals surface area (Å²) in [5.74, 6) is 0.0763. The summed E-state index contributed by atoms with van der Waals surface area (Å²) in [6, 6.07) is 10.9. The third-order valence-electron chi connectivity index (χ3n) is 3.05. The zero-order valence-corrected chi connectivity index (χ0v) is 11.8. The van der Waals surface area contributed by atoms with Gasteiger partial charge in [-0.15, -0.1) is 0 Å². The second-order valence-electron chi connectivity index (χ2n) is 4.47. The predicted octanol–water partition coefficient (Wildman–Crippen LogP) is 1.89. The first kappa shape index (κ1) is 15.0. The Bertz CT molecular complexity index is 649. The van der Waals surface area contributed by atoms with Crippen LogP contribution in [0.25, 0.3) is 0 Å². The van der Waals surface area contributed by atoms with E-state index < -0.39 is 0 Å². The lowest BCUT2D eigenvalue weighted by molar-refractivity contribution is 0.110. The molecule has 0 saturated heterocycles. The Morgan fingerprint density at radius 3 is 2.62 bits per heavy atom. The van der Waals surface area contributed by atoms with Gasteiger partial charge in [0, 0.05) is 25.9 Å². The molecule has 0 amide bonds. The van der Waals surface area contributed by atoms with Crippen LogP contribution in [0.1, 0.15) is 16.1 Å². The van der Waals surface area contributed by atoms with E-state index in [1.54, 1.807) is 17.9 Å². The fourth-order valence-electron chi connectivity index (χ4n) is 1.95. The van der Waals surface area contributed by atoms with E-state index in [1.807, 2.05) is 30.3 Å². The fraction of sp³-hybridized carbons (Fsp3) is 0.250. The molecule has 0 aliphatic carbocycles. The van der Waals surface area contributed by atoms with Crippen molar-refractivity contribution in [2.45, 2.75) is 13.2 Å². The van der Waals surface area contributed by atoms with E-state index in [0.29, 0.717) is 19.4 Å². The summed E-state index contributed by atoms with van der Waals surface area (Å²) in [4.78, 5) is 23.2. The van der Waals surface area contributed by atoms with Gasteiger partial charge in [0.05, 0.1) is 6.61 Å². The molecular formula is C16H17NO4. The first-order valence-corrected chi connectivity index (χ1v) is 6.60. The number of nitrogens with zero attached hydrogens (tertiary/aromatic N) is 1. The number of carbonyl (C=O) groups excluding carboxylic acids is 1. The number of methoxy groups -OCH3 is 1. The van der Waals surface area contributed by atoms with Crippen LogP contribution < -0.4 is 10.2 Å². The third-order valence-corrected chi connectivity index (χ3v) is 3.05. The second-order valence-corrected chi connectivity index (χ2v) is 4.47. The average molecular weight is 287 g/mol. The molecule has 21 heavy (non-hydrogen) atoms. The number of hydrogen-bond donors (Lipinski definition) is 0. The molecule has 0 atom stereocenters. The van der Waals surface area contributed by atoms with Crippen molar-refractivity contribution < 1.29 is 14.3 Å². The Morgan fingerprint density at radius 1 is 1.19 bits per heavy atom. The molecule has 2 rings (SSSR count). The van der Waals surface area contributed by atoms with Gasteiger partial charge < -0.3 is 14.0 Å². The van der Waals surface area contributed by atoms with Crippen LogP contribution in [0.4, 0.5) is 0 Å². The van der Waals surface area contributed by atoms with Crippen molar-refractivity contribution in [2.24, 2.45) is 0 Å². The molecule has 1 heterocycles. The highest BCUT2D eigenvalue weighted by Gasteiger charge is 2.12. The molecule has 0 aliphatic rings. The van der Waals surface area contributed by atoms with Gasteiger partial charge in [0.1, 0.15) is 12.3 Å². The second kappa shape index (κ2) is 7.40. The molecule has 0 bridgehead atoms. The van der Waals surface area contributed by atoms with Crippen molar-refractivity contribution in [1.29, 1.82) is 0 Å². The highest BCUT2D eigenvalue weighted by atomic mass is 16.5. The highest BCUT2D eigenvalue weighted by molar-refractivity contribution is 5.76. The number of aromatic nitrogens is 1. The SMILES string of the molecule is COCCn1ccc(=O)c(OCc2ccccc2)c1C=O. The molecule has 1 aromatic carbocycles. The Labute approximate surface area is 122 Å². The van der Waals surface area contributed by atoms with Crippen molar-refractivity contribution >= 4 is 6.29 Å². The van der Waals surface area contributed by atoms with Crippen LogP contribution in [0, 0.1) is 0 Å². The number of benzene rings is 1. The fourth-order valence-corrected chi connectivity index (χ4v) is 1.95. The zero-order valence-electron chi connectivity index (χ0n) is 11.8. The normalized spacial score (nSPS) is 10.3. The first-order valence-electron chi connectivity index (χ1n) is 6.60. The van der Waals surface area contributed by atoms with Gasteiger partial charge in [-0.2, -0.15) is 0 Å². The van der Waals surface area contributed by atoms with E-state index in [0.717, 1.165) is 5.56 Å². The molecule has 0 fully saturated rings. The number of ether oxygens (including phenoxy) is 2. The molecule has 2 aromatic rings. The van der Waals surface area contributed by atoms with Crippen molar-refractivity contribution in [3.05, 3.63) is 64.1 Å². The van der Waals surface area contributed by atoms with Crippen LogP contribution in [0.15, 0.2) is 47.4 Å². The quantitative estimate of drug-likeness (QED) is 0.730. The van der Waals surface area contributed by atoms with Crippen LogP contribution >= 0.6 is 0 Å². The van der Waals surface area contributed by atoms with Crippen LogP contribution in [0.3, 0.4) is 0 Å². The molecule has 1 aromatic heterocycles. The summed E-state index contributed by atoms with van der Waals surface area (Å²) < 4.78 is 12.2. The molecule has 0 N–H and O–H groups in total. The van der Waals surface area contributed by atoms with Crippen LogP contribution in [0.5, 0.6) is 5.75 Å². The maximum Gasteiger partial charge on any atom is 0.224 e. The lowest BCUT2D eigenvalue weighted by atomic mass is 10.2. The summed E-state index contributed by atoms with van der Waals surface area (Å²) >= 11 is 0. The Balaban J connectivity index is 2.24. The van der Waals surface area contributed by atoms with Gasteiger partial charge in [-0.05, 0) is 5.56 Å². The van der Waals surface area contributed by atoms with Gasteiger partial charge in [-0.1, -0.05) is 30.3 Å². The summed E-state index contributed by atoms with van der Waals surface area (Å²) in [6.45, 7) is 1.17. The molecule has 5 heteroatoms. The minimum absolute atomic E-state index is 0.0763. The van der Waals surface area contributed by atoms with Crippen molar-refractivity contribution in [3.8, 4) is 5.75 Å². The smallest absolute Gasteiger partial charge is 0.224 e. The van der Waals surface area contributed by atoms with Crippen LogP contribution in [-0.4, -0.2) is 24.6 Å². The Morgan fingerprint density at radius 2 is 1.95 bits per heavy atom. The van der Waals surface area contributed by atoms with E-state index in [9.17, 15) is 9.59 Å².